The van der Waals surface area contributed by atoms with Crippen LogP contribution in [0.2, 0.25) is 0 Å². The van der Waals surface area contributed by atoms with E-state index < -0.39 is 0 Å². The maximum atomic E-state index is 5.29. The lowest BCUT2D eigenvalue weighted by Crippen LogP contribution is -2.10. The molecule has 0 bridgehead atoms. The smallest absolute Gasteiger partial charge is 0.124 e. The monoisotopic (exact) mass is 840 g/mol. The Morgan fingerprint density at radius 1 is 0.349 bits per heavy atom. The van der Waals surface area contributed by atoms with Crippen LogP contribution in [0.15, 0.2) is 241 Å². The number of thiol groups is 1. The fourth-order valence-corrected chi connectivity index (χ4v) is 10.1. The summed E-state index contributed by atoms with van der Waals surface area (Å²) in [4.78, 5) is 8.57. The highest BCUT2D eigenvalue weighted by molar-refractivity contribution is 7.80. The molecule has 0 amide bonds. The van der Waals surface area contributed by atoms with Gasteiger partial charge in [-0.05, 0) is 109 Å². The molecule has 4 heteroatoms. The van der Waals surface area contributed by atoms with Crippen molar-refractivity contribution in [3.63, 3.8) is 0 Å². The molecule has 0 saturated heterocycles. The third kappa shape index (κ3) is 7.50. The molecule has 0 aliphatic heterocycles. The quantitative estimate of drug-likeness (QED) is 0.146. The number of nitrogens with zero attached hydrogens (tertiary/aromatic N) is 2. The topological polar surface area (TPSA) is 16.1 Å². The van der Waals surface area contributed by atoms with Gasteiger partial charge in [0, 0.05) is 33.1 Å². The van der Waals surface area contributed by atoms with E-state index in [0.29, 0.717) is 0 Å². The van der Waals surface area contributed by atoms with Gasteiger partial charge in [0.15, 0.2) is 0 Å². The second-order valence-corrected chi connectivity index (χ2v) is 17.2. The SMILES string of the molecule is Sc1c(-c2ccccc2)cc2sc(-c3ccccc3)nc2c1-c1ccc(N(c2ccc(-c3ccccc3)cc2)c2ccc(-c3ccccc3)c(-c3ccc4ccccc4c3)c2)cc1. The Bertz CT molecular complexity index is 3360. The van der Waals surface area contributed by atoms with Crippen molar-refractivity contribution in [3.8, 4) is 66.2 Å². The van der Waals surface area contributed by atoms with Gasteiger partial charge in [-0.1, -0.05) is 188 Å². The lowest BCUT2D eigenvalue weighted by Gasteiger charge is -2.27. The van der Waals surface area contributed by atoms with Gasteiger partial charge in [0.05, 0.1) is 10.2 Å². The zero-order valence-corrected chi connectivity index (χ0v) is 36.0. The number of aromatic nitrogens is 1. The number of hydrogen-bond donors (Lipinski definition) is 1. The van der Waals surface area contributed by atoms with Crippen LogP contribution in [0.5, 0.6) is 0 Å². The summed E-state index contributed by atoms with van der Waals surface area (Å²) in [7, 11) is 0. The first kappa shape index (κ1) is 38.4. The summed E-state index contributed by atoms with van der Waals surface area (Å²) in [5, 5.41) is 3.44. The van der Waals surface area contributed by atoms with Gasteiger partial charge in [-0.2, -0.15) is 0 Å². The van der Waals surface area contributed by atoms with Crippen LogP contribution in [0.4, 0.5) is 17.1 Å². The summed E-state index contributed by atoms with van der Waals surface area (Å²) in [6.07, 6.45) is 0. The van der Waals surface area contributed by atoms with Crippen LogP contribution in [-0.2, 0) is 0 Å². The maximum absolute atomic E-state index is 5.29. The molecule has 0 aliphatic rings. The van der Waals surface area contributed by atoms with Crippen LogP contribution >= 0.6 is 24.0 Å². The molecule has 2 nitrogen and oxygen atoms in total. The molecule has 63 heavy (non-hydrogen) atoms. The summed E-state index contributed by atoms with van der Waals surface area (Å²) >= 11 is 7.01. The first-order valence-corrected chi connectivity index (χ1v) is 22.4. The number of hydrogen-bond acceptors (Lipinski definition) is 4. The maximum Gasteiger partial charge on any atom is 0.124 e. The molecule has 0 saturated carbocycles. The normalized spacial score (nSPS) is 11.3. The van der Waals surface area contributed by atoms with Crippen molar-refractivity contribution in [2.75, 3.05) is 4.90 Å². The van der Waals surface area contributed by atoms with Crippen molar-refractivity contribution in [1.82, 2.24) is 4.98 Å². The van der Waals surface area contributed by atoms with E-state index in [0.717, 1.165) is 65.0 Å². The molecule has 11 aromatic rings. The van der Waals surface area contributed by atoms with Gasteiger partial charge in [-0.25, -0.2) is 4.98 Å². The van der Waals surface area contributed by atoms with Gasteiger partial charge in [0.1, 0.15) is 5.01 Å². The minimum Gasteiger partial charge on any atom is -0.310 e. The van der Waals surface area contributed by atoms with E-state index in [1.54, 1.807) is 11.3 Å². The third-order valence-electron chi connectivity index (χ3n) is 11.8. The molecule has 10 aromatic carbocycles. The minimum atomic E-state index is 0.913. The van der Waals surface area contributed by atoms with Crippen molar-refractivity contribution < 1.29 is 0 Å². The highest BCUT2D eigenvalue weighted by atomic mass is 32.1. The number of thiazole rings is 1. The predicted octanol–water partition coefficient (Wildman–Crippen LogP) is 17.2. The molecule has 0 fully saturated rings. The minimum absolute atomic E-state index is 0.913. The zero-order valence-electron chi connectivity index (χ0n) is 34.3. The average molecular weight is 841 g/mol. The van der Waals surface area contributed by atoms with Gasteiger partial charge in [-0.3, -0.25) is 0 Å². The largest absolute Gasteiger partial charge is 0.310 e. The standard InChI is InChI=1S/C59H40N2S2/c62-58-54(44-20-9-3-10-21-44)39-55-57(60-59(63-55)46-22-11-4-12-23-46)56(58)45-29-33-50(34-30-45)61(49-31-27-42(28-32-49)40-15-5-1-6-16-40)51-35-36-52(43-18-7-2-8-19-43)53(38-51)48-26-25-41-17-13-14-24-47(41)37-48/h1-39,62H. The molecule has 0 N–H and O–H groups in total. The molecular formula is C59H40N2S2. The summed E-state index contributed by atoms with van der Waals surface area (Å²) in [5.41, 5.74) is 16.6. The van der Waals surface area contributed by atoms with Crippen LogP contribution in [-0.4, -0.2) is 4.98 Å². The molecule has 1 heterocycles. The van der Waals surface area contributed by atoms with E-state index >= 15 is 0 Å². The molecule has 0 radical (unpaired) electrons. The van der Waals surface area contributed by atoms with E-state index in [9.17, 15) is 0 Å². The van der Waals surface area contributed by atoms with Crippen molar-refractivity contribution in [2.45, 2.75) is 4.90 Å². The van der Waals surface area contributed by atoms with Crippen molar-refractivity contribution in [1.29, 1.82) is 0 Å². The van der Waals surface area contributed by atoms with Gasteiger partial charge in [-0.15, -0.1) is 24.0 Å². The fraction of sp³-hybridized carbons (Fsp3) is 0. The molecule has 1 aromatic heterocycles. The summed E-state index contributed by atoms with van der Waals surface area (Å²) in [5.74, 6) is 0. The Hall–Kier alpha value is -7.50. The fourth-order valence-electron chi connectivity index (χ4n) is 8.66. The Morgan fingerprint density at radius 2 is 0.841 bits per heavy atom. The van der Waals surface area contributed by atoms with Gasteiger partial charge in [0.2, 0.25) is 0 Å². The number of fused-ring (bicyclic) bond motifs is 2. The summed E-state index contributed by atoms with van der Waals surface area (Å²) < 4.78 is 1.13. The van der Waals surface area contributed by atoms with Crippen LogP contribution in [0, 0.1) is 0 Å². The van der Waals surface area contributed by atoms with E-state index in [1.807, 2.05) is 6.07 Å². The highest BCUT2D eigenvalue weighted by Gasteiger charge is 2.21. The Morgan fingerprint density at radius 3 is 1.48 bits per heavy atom. The van der Waals surface area contributed by atoms with E-state index in [2.05, 4.69) is 235 Å². The molecular weight excluding hydrogens is 801 g/mol. The first-order valence-electron chi connectivity index (χ1n) is 21.2. The summed E-state index contributed by atoms with van der Waals surface area (Å²) in [6, 6.07) is 84.6. The summed E-state index contributed by atoms with van der Waals surface area (Å²) in [6.45, 7) is 0. The van der Waals surface area contributed by atoms with Crippen molar-refractivity contribution >= 4 is 62.0 Å². The van der Waals surface area contributed by atoms with Crippen LogP contribution in [0.25, 0.3) is 87.2 Å². The molecule has 0 unspecified atom stereocenters. The van der Waals surface area contributed by atoms with E-state index in [-0.39, 0.29) is 0 Å². The number of benzene rings is 10. The Balaban J connectivity index is 1.08. The van der Waals surface area contributed by atoms with Gasteiger partial charge in [0.25, 0.3) is 0 Å². The second kappa shape index (κ2) is 16.8. The lowest BCUT2D eigenvalue weighted by molar-refractivity contribution is 1.28. The van der Waals surface area contributed by atoms with Crippen LogP contribution in [0.1, 0.15) is 0 Å². The predicted molar refractivity (Wildman–Crippen MR) is 272 cm³/mol. The molecule has 0 aliphatic carbocycles. The third-order valence-corrected chi connectivity index (χ3v) is 13.3. The second-order valence-electron chi connectivity index (χ2n) is 15.7. The highest BCUT2D eigenvalue weighted by Crippen LogP contribution is 2.46. The van der Waals surface area contributed by atoms with E-state index in [1.165, 1.54) is 44.2 Å². The average Bonchev–Trinajstić information content (AvgIpc) is 3.79. The molecule has 11 rings (SSSR count). The van der Waals surface area contributed by atoms with E-state index in [4.69, 9.17) is 17.6 Å². The number of rotatable bonds is 9. The lowest BCUT2D eigenvalue weighted by atomic mass is 9.92. The van der Waals surface area contributed by atoms with Gasteiger partial charge < -0.3 is 4.90 Å². The van der Waals surface area contributed by atoms with Crippen molar-refractivity contribution in [2.24, 2.45) is 0 Å². The number of anilines is 3. The Kier molecular flexibility index (Phi) is 10.2. The van der Waals surface area contributed by atoms with Gasteiger partial charge >= 0.3 is 0 Å². The molecule has 0 spiro atoms. The first-order chi connectivity index (χ1) is 31.1. The molecule has 0 atom stereocenters. The molecule has 298 valence electrons. The zero-order chi connectivity index (χ0) is 42.1. The van der Waals surface area contributed by atoms with Crippen LogP contribution in [0.3, 0.4) is 0 Å². The van der Waals surface area contributed by atoms with Crippen molar-refractivity contribution in [3.05, 3.63) is 237 Å². The Labute approximate surface area is 377 Å². The van der Waals surface area contributed by atoms with Crippen LogP contribution < -0.4 is 4.90 Å².